The number of carbonyl (C=O) groups is 9. The number of unbranched alkanes of at least 4 members (excludes halogenated alkanes) is 2. The number of primary amides is 1. The molecule has 3 aromatic rings. The molecule has 0 fully saturated rings. The molecule has 20 nitrogen and oxygen atoms in total. The number of pyridine rings is 1. The summed E-state index contributed by atoms with van der Waals surface area (Å²) < 4.78 is 5.70. The van der Waals surface area contributed by atoms with Crippen LogP contribution >= 0.6 is 0 Å². The molecule has 77 heavy (non-hydrogen) atoms. The second-order valence-corrected chi connectivity index (χ2v) is 20.0. The minimum atomic E-state index is -0.912. The van der Waals surface area contributed by atoms with E-state index < -0.39 is 35.9 Å². The van der Waals surface area contributed by atoms with Crippen molar-refractivity contribution in [3.8, 4) is 0 Å². The molecule has 2 unspecified atom stereocenters. The highest BCUT2D eigenvalue weighted by molar-refractivity contribution is 6.13. The number of amides is 8. The fourth-order valence-electron chi connectivity index (χ4n) is 9.40. The number of hydrogen-bond donors (Lipinski definition) is 5. The first-order valence-corrected chi connectivity index (χ1v) is 26.6. The number of amidine groups is 1. The van der Waals surface area contributed by atoms with Crippen LogP contribution in [0.4, 0.5) is 21.0 Å². The van der Waals surface area contributed by atoms with E-state index in [4.69, 9.17) is 16.2 Å². The van der Waals surface area contributed by atoms with Crippen LogP contribution < -0.4 is 27.4 Å². The highest BCUT2D eigenvalue weighted by Crippen LogP contribution is 2.30. The van der Waals surface area contributed by atoms with Crippen LogP contribution in [0.25, 0.3) is 6.08 Å². The third-order valence-electron chi connectivity index (χ3n) is 13.6. The number of aliphatic imine (C=N–C) groups is 1. The molecule has 2 aromatic carbocycles. The predicted octanol–water partition coefficient (Wildman–Crippen LogP) is 6.21. The molecule has 0 saturated heterocycles. The standard InChI is InChI=1S/C57H72N10O10/c1-5-23-65(24-6-2)55(74)41-28-39-17-18-40(30-48(39)63-50(58)31-41)53(72)62-43-29-42-34-66(26-21-46(42)61-33-43)57(76)77-35-38-15-13-37(14-16-38)27-49(69)47(12-10-22-60-56(59)75)64-54(73)45(36(3)4)32-44(68)11-8-7-9-25-67-51(70)19-20-52(67)71/h13-20,28-30,33,36,45,47H,5-12,21-27,31-32,34-35H2,1-4H3,(H2,58,63)(H,62,72)(H,64,73)(H3,59,60,75). The molecule has 3 aliphatic heterocycles. The van der Waals surface area contributed by atoms with E-state index >= 15 is 0 Å². The van der Waals surface area contributed by atoms with E-state index in [9.17, 15) is 43.2 Å². The number of Topliss-reactive ketones (excluding diaryl/α,β-unsaturated/α-hetero) is 2. The molecule has 0 radical (unpaired) electrons. The van der Waals surface area contributed by atoms with Crippen molar-refractivity contribution in [2.45, 2.75) is 124 Å². The van der Waals surface area contributed by atoms with E-state index in [1.165, 1.54) is 12.2 Å². The van der Waals surface area contributed by atoms with Gasteiger partial charge in [-0.1, -0.05) is 64.4 Å². The first-order valence-electron chi connectivity index (χ1n) is 26.6. The molecule has 0 aliphatic carbocycles. The van der Waals surface area contributed by atoms with Gasteiger partial charge in [-0.3, -0.25) is 43.4 Å². The van der Waals surface area contributed by atoms with E-state index in [1.54, 1.807) is 65.7 Å². The summed E-state index contributed by atoms with van der Waals surface area (Å²) in [5, 5.41) is 8.29. The maximum Gasteiger partial charge on any atom is 0.410 e. The van der Waals surface area contributed by atoms with Gasteiger partial charge in [0.1, 0.15) is 18.2 Å². The normalized spacial score (nSPS) is 14.6. The number of fused-ring (bicyclic) bond motifs is 2. The van der Waals surface area contributed by atoms with Crippen molar-refractivity contribution < 1.29 is 47.9 Å². The van der Waals surface area contributed by atoms with Crippen molar-refractivity contribution in [1.29, 1.82) is 0 Å². The van der Waals surface area contributed by atoms with Gasteiger partial charge in [-0.15, -0.1) is 0 Å². The minimum Gasteiger partial charge on any atom is -0.445 e. The van der Waals surface area contributed by atoms with Crippen LogP contribution in [-0.2, 0) is 59.5 Å². The summed E-state index contributed by atoms with van der Waals surface area (Å²) in [6.07, 6.45) is 10.1. The van der Waals surface area contributed by atoms with E-state index in [0.717, 1.165) is 29.0 Å². The van der Waals surface area contributed by atoms with Crippen molar-refractivity contribution in [2.24, 2.45) is 28.3 Å². The zero-order valence-corrected chi connectivity index (χ0v) is 44.6. The molecule has 8 amide bonds. The molecule has 410 valence electrons. The number of anilines is 1. The summed E-state index contributed by atoms with van der Waals surface area (Å²) >= 11 is 0. The molecule has 6 rings (SSSR count). The quantitative estimate of drug-likeness (QED) is 0.0421. The molecule has 2 atom stereocenters. The molecule has 1 aromatic heterocycles. The monoisotopic (exact) mass is 1060 g/mol. The molecular formula is C57H72N10O10. The fourth-order valence-corrected chi connectivity index (χ4v) is 9.40. The van der Waals surface area contributed by atoms with Crippen molar-refractivity contribution >= 4 is 76.5 Å². The summed E-state index contributed by atoms with van der Waals surface area (Å²) in [6, 6.07) is 12.2. The van der Waals surface area contributed by atoms with Gasteiger partial charge in [-0.25, -0.2) is 14.6 Å². The predicted molar refractivity (Wildman–Crippen MR) is 290 cm³/mol. The molecule has 7 N–H and O–H groups in total. The zero-order chi connectivity index (χ0) is 55.6. The van der Waals surface area contributed by atoms with Crippen LogP contribution in [0.15, 0.2) is 77.4 Å². The number of hydrogen-bond acceptors (Lipinski definition) is 13. The number of benzene rings is 2. The molecular weight excluding hydrogens is 985 g/mol. The van der Waals surface area contributed by atoms with Crippen LogP contribution in [0, 0.1) is 11.8 Å². The van der Waals surface area contributed by atoms with E-state index in [-0.39, 0.29) is 99.4 Å². The fraction of sp³-hybridized carbons (Fsp3) is 0.456. The van der Waals surface area contributed by atoms with Gasteiger partial charge in [0.2, 0.25) is 11.8 Å². The molecule has 0 bridgehead atoms. The molecule has 0 spiro atoms. The summed E-state index contributed by atoms with van der Waals surface area (Å²) in [4.78, 5) is 129. The Labute approximate surface area is 449 Å². The van der Waals surface area contributed by atoms with E-state index in [1.807, 2.05) is 32.6 Å². The number of ketones is 2. The zero-order valence-electron chi connectivity index (χ0n) is 44.6. The van der Waals surface area contributed by atoms with Crippen LogP contribution in [0.2, 0.25) is 0 Å². The summed E-state index contributed by atoms with van der Waals surface area (Å²) in [6.45, 7) is 10.0. The first-order chi connectivity index (χ1) is 36.9. The minimum absolute atomic E-state index is 0.00957. The van der Waals surface area contributed by atoms with Crippen molar-refractivity contribution in [1.82, 2.24) is 30.3 Å². The number of urea groups is 1. The van der Waals surface area contributed by atoms with Gasteiger partial charge in [-0.05, 0) is 85.4 Å². The third kappa shape index (κ3) is 17.0. The average molecular weight is 1060 g/mol. The van der Waals surface area contributed by atoms with Gasteiger partial charge < -0.3 is 42.0 Å². The number of ether oxygens (including phenoxy) is 1. The smallest absolute Gasteiger partial charge is 0.410 e. The Bertz CT molecular complexity index is 2760. The molecule has 4 heterocycles. The van der Waals surface area contributed by atoms with E-state index in [0.29, 0.717) is 90.9 Å². The van der Waals surface area contributed by atoms with Gasteiger partial charge in [0.25, 0.3) is 17.7 Å². The van der Waals surface area contributed by atoms with Crippen molar-refractivity contribution in [3.05, 3.63) is 106 Å². The molecule has 0 saturated carbocycles. The van der Waals surface area contributed by atoms with Crippen LogP contribution in [-0.4, -0.2) is 118 Å². The Morgan fingerprint density at radius 2 is 1.60 bits per heavy atom. The second kappa shape index (κ2) is 28.2. The van der Waals surface area contributed by atoms with Gasteiger partial charge in [-0.2, -0.15) is 0 Å². The number of aromatic nitrogens is 1. The Morgan fingerprint density at radius 3 is 2.29 bits per heavy atom. The maximum atomic E-state index is 13.8. The highest BCUT2D eigenvalue weighted by Gasteiger charge is 2.30. The number of nitrogens with zero attached hydrogens (tertiary/aromatic N) is 5. The maximum absolute atomic E-state index is 13.8. The number of carbonyl (C=O) groups excluding carboxylic acids is 9. The molecule has 20 heteroatoms. The lowest BCUT2D eigenvalue weighted by atomic mass is 9.88. The van der Waals surface area contributed by atoms with Crippen molar-refractivity contribution in [2.75, 3.05) is 38.0 Å². The van der Waals surface area contributed by atoms with Gasteiger partial charge in [0, 0.05) is 105 Å². The largest absolute Gasteiger partial charge is 0.445 e. The number of rotatable bonds is 27. The van der Waals surface area contributed by atoms with Crippen LogP contribution in [0.3, 0.4) is 0 Å². The van der Waals surface area contributed by atoms with Crippen LogP contribution in [0.5, 0.6) is 0 Å². The SMILES string of the molecule is CCCN(CCC)C(=O)C1=Cc2ccc(C(=O)Nc3cnc4c(c3)CN(C(=O)OCc3ccc(CC(=O)C(CCCNC(N)=O)NC(=O)C(CC(=O)CCCCCN5C(=O)C=CC5=O)C(C)C)cc3)CC4)cc2N=C(N)C1. The van der Waals surface area contributed by atoms with Gasteiger partial charge in [0.15, 0.2) is 5.78 Å². The topological polar surface area (TPSA) is 286 Å². The first kappa shape index (κ1) is 58.2. The van der Waals surface area contributed by atoms with E-state index in [2.05, 4.69) is 25.9 Å². The average Bonchev–Trinajstić information content (AvgIpc) is 3.61. The van der Waals surface area contributed by atoms with Gasteiger partial charge in [0.05, 0.1) is 30.2 Å². The number of nitrogens with one attached hydrogen (secondary N) is 3. The highest BCUT2D eigenvalue weighted by atomic mass is 16.6. The lowest BCUT2D eigenvalue weighted by molar-refractivity contribution is -0.137. The number of nitrogens with two attached hydrogens (primary N) is 2. The van der Waals surface area contributed by atoms with Gasteiger partial charge >= 0.3 is 12.1 Å². The molecule has 3 aliphatic rings. The summed E-state index contributed by atoms with van der Waals surface area (Å²) in [5.41, 5.74) is 16.9. The summed E-state index contributed by atoms with van der Waals surface area (Å²) in [5.74, 6) is -2.58. The number of imide groups is 1. The summed E-state index contributed by atoms with van der Waals surface area (Å²) in [7, 11) is 0. The van der Waals surface area contributed by atoms with Crippen molar-refractivity contribution in [3.63, 3.8) is 0 Å². The Balaban J connectivity index is 0.990. The Hall–Kier alpha value is -8.03. The second-order valence-electron chi connectivity index (χ2n) is 20.0. The third-order valence-corrected chi connectivity index (χ3v) is 13.6. The Kier molecular flexibility index (Phi) is 21.3. The lowest BCUT2D eigenvalue weighted by Gasteiger charge is -2.28. The Morgan fingerprint density at radius 1 is 0.883 bits per heavy atom. The van der Waals surface area contributed by atoms with Crippen LogP contribution in [0.1, 0.15) is 130 Å². The lowest BCUT2D eigenvalue weighted by Crippen LogP contribution is -2.46.